The van der Waals surface area contributed by atoms with Crippen LogP contribution in [-0.2, 0) is 9.53 Å². The van der Waals surface area contributed by atoms with Crippen molar-refractivity contribution in [1.82, 2.24) is 0 Å². The Kier molecular flexibility index (Phi) is 3.62. The minimum absolute atomic E-state index is 0.268. The van der Waals surface area contributed by atoms with Crippen LogP contribution in [0.1, 0.15) is 11.6 Å². The fourth-order valence-electron chi connectivity index (χ4n) is 1.20. The van der Waals surface area contributed by atoms with Gasteiger partial charge in [0.15, 0.2) is 0 Å². The molecule has 1 aromatic carbocycles. The number of carbonyl (C=O) groups is 1. The molecular formula is C10H12FNO3. The van der Waals surface area contributed by atoms with E-state index in [1.165, 1.54) is 26.4 Å². The van der Waals surface area contributed by atoms with Gasteiger partial charge in [0, 0.05) is 5.56 Å². The molecule has 0 saturated heterocycles. The maximum absolute atomic E-state index is 12.9. The Morgan fingerprint density at radius 3 is 2.67 bits per heavy atom. The molecule has 4 nitrogen and oxygen atoms in total. The second kappa shape index (κ2) is 4.75. The summed E-state index contributed by atoms with van der Waals surface area (Å²) in [6, 6.07) is 2.75. The van der Waals surface area contributed by atoms with Gasteiger partial charge in [0.05, 0.1) is 14.2 Å². The first-order valence-corrected chi connectivity index (χ1v) is 4.27. The van der Waals surface area contributed by atoms with E-state index in [0.29, 0.717) is 5.75 Å². The van der Waals surface area contributed by atoms with Gasteiger partial charge in [0.25, 0.3) is 0 Å². The topological polar surface area (TPSA) is 61.5 Å². The Morgan fingerprint density at radius 2 is 2.13 bits per heavy atom. The summed E-state index contributed by atoms with van der Waals surface area (Å²) in [7, 11) is 2.63. The standard InChI is InChI=1S/C10H12FNO3/c1-14-8-4-3-6(11)5-7(8)9(12)10(13)15-2/h3-5,9H,12H2,1-2H3/t9-/m1/s1. The normalized spacial score (nSPS) is 12.0. The molecule has 1 atom stereocenters. The third kappa shape index (κ3) is 2.44. The minimum Gasteiger partial charge on any atom is -0.496 e. The summed E-state index contributed by atoms with van der Waals surface area (Å²) in [5.41, 5.74) is 5.84. The number of methoxy groups -OCH3 is 2. The van der Waals surface area contributed by atoms with E-state index < -0.39 is 17.8 Å². The monoisotopic (exact) mass is 213 g/mol. The molecule has 1 rings (SSSR count). The van der Waals surface area contributed by atoms with E-state index in [2.05, 4.69) is 4.74 Å². The molecule has 0 aliphatic carbocycles. The predicted molar refractivity (Wildman–Crippen MR) is 51.9 cm³/mol. The molecule has 0 aliphatic rings. The van der Waals surface area contributed by atoms with Gasteiger partial charge in [-0.3, -0.25) is 4.79 Å². The van der Waals surface area contributed by atoms with Crippen LogP contribution in [0.4, 0.5) is 4.39 Å². The van der Waals surface area contributed by atoms with Crippen LogP contribution in [0, 0.1) is 5.82 Å². The summed E-state index contributed by atoms with van der Waals surface area (Å²) in [5, 5.41) is 0. The molecule has 82 valence electrons. The zero-order valence-corrected chi connectivity index (χ0v) is 8.49. The Balaban J connectivity index is 3.10. The van der Waals surface area contributed by atoms with Crippen molar-refractivity contribution >= 4 is 5.97 Å². The van der Waals surface area contributed by atoms with Gasteiger partial charge in [-0.2, -0.15) is 0 Å². The zero-order valence-electron chi connectivity index (χ0n) is 8.49. The van der Waals surface area contributed by atoms with Crippen LogP contribution in [0.15, 0.2) is 18.2 Å². The van der Waals surface area contributed by atoms with Crippen LogP contribution in [0.3, 0.4) is 0 Å². The quantitative estimate of drug-likeness (QED) is 0.761. The number of carbonyl (C=O) groups excluding carboxylic acids is 1. The number of hydrogen-bond donors (Lipinski definition) is 1. The fourth-order valence-corrected chi connectivity index (χ4v) is 1.20. The Hall–Kier alpha value is -1.62. The van der Waals surface area contributed by atoms with Gasteiger partial charge >= 0.3 is 5.97 Å². The van der Waals surface area contributed by atoms with Crippen LogP contribution in [-0.4, -0.2) is 20.2 Å². The summed E-state index contributed by atoms with van der Waals surface area (Å²) in [5.74, 6) is -0.765. The maximum atomic E-state index is 12.9. The highest BCUT2D eigenvalue weighted by Gasteiger charge is 2.20. The lowest BCUT2D eigenvalue weighted by Crippen LogP contribution is -2.23. The number of hydrogen-bond acceptors (Lipinski definition) is 4. The molecule has 2 N–H and O–H groups in total. The molecule has 0 heterocycles. The first kappa shape index (κ1) is 11.5. The lowest BCUT2D eigenvalue weighted by atomic mass is 10.1. The van der Waals surface area contributed by atoms with Crippen molar-refractivity contribution in [1.29, 1.82) is 0 Å². The second-order valence-electron chi connectivity index (χ2n) is 2.89. The van der Waals surface area contributed by atoms with Crippen molar-refractivity contribution in [3.63, 3.8) is 0 Å². The molecule has 0 saturated carbocycles. The Labute approximate surface area is 86.8 Å². The number of ether oxygens (including phenoxy) is 2. The number of benzene rings is 1. The van der Waals surface area contributed by atoms with Crippen molar-refractivity contribution in [2.24, 2.45) is 5.73 Å². The summed E-state index contributed by atoms with van der Waals surface area (Å²) < 4.78 is 22.4. The van der Waals surface area contributed by atoms with Crippen LogP contribution in [0.25, 0.3) is 0 Å². The number of halogens is 1. The SMILES string of the molecule is COC(=O)[C@H](N)c1cc(F)ccc1OC. The van der Waals surface area contributed by atoms with Gasteiger partial charge in [-0.15, -0.1) is 0 Å². The maximum Gasteiger partial charge on any atom is 0.327 e. The van der Waals surface area contributed by atoms with E-state index in [4.69, 9.17) is 10.5 Å². The molecular weight excluding hydrogens is 201 g/mol. The molecule has 0 spiro atoms. The average molecular weight is 213 g/mol. The van der Waals surface area contributed by atoms with E-state index in [9.17, 15) is 9.18 Å². The van der Waals surface area contributed by atoms with Gasteiger partial charge in [0.2, 0.25) is 0 Å². The first-order valence-electron chi connectivity index (χ1n) is 4.27. The van der Waals surface area contributed by atoms with Crippen molar-refractivity contribution in [2.75, 3.05) is 14.2 Å². The minimum atomic E-state index is -1.04. The van der Waals surface area contributed by atoms with Gasteiger partial charge in [-0.25, -0.2) is 4.39 Å². The molecule has 0 aliphatic heterocycles. The highest BCUT2D eigenvalue weighted by molar-refractivity contribution is 5.78. The van der Waals surface area contributed by atoms with E-state index in [-0.39, 0.29) is 5.56 Å². The predicted octanol–water partition coefficient (Wildman–Crippen LogP) is 1.01. The van der Waals surface area contributed by atoms with E-state index >= 15 is 0 Å². The summed E-state index contributed by atoms with van der Waals surface area (Å²) in [6.07, 6.45) is 0. The zero-order chi connectivity index (χ0) is 11.4. The molecule has 0 bridgehead atoms. The second-order valence-corrected chi connectivity index (χ2v) is 2.89. The lowest BCUT2D eigenvalue weighted by Gasteiger charge is -2.13. The van der Waals surface area contributed by atoms with E-state index in [0.717, 1.165) is 6.07 Å². The van der Waals surface area contributed by atoms with Gasteiger partial charge < -0.3 is 15.2 Å². The Morgan fingerprint density at radius 1 is 1.47 bits per heavy atom. The fraction of sp³-hybridized carbons (Fsp3) is 0.300. The molecule has 15 heavy (non-hydrogen) atoms. The van der Waals surface area contributed by atoms with Crippen molar-refractivity contribution in [3.8, 4) is 5.75 Å². The largest absolute Gasteiger partial charge is 0.496 e. The van der Waals surface area contributed by atoms with E-state index in [1.807, 2.05) is 0 Å². The van der Waals surface area contributed by atoms with Crippen LogP contribution >= 0.6 is 0 Å². The van der Waals surface area contributed by atoms with Crippen LogP contribution in [0.5, 0.6) is 5.75 Å². The highest BCUT2D eigenvalue weighted by atomic mass is 19.1. The summed E-state index contributed by atoms with van der Waals surface area (Å²) in [6.45, 7) is 0. The van der Waals surface area contributed by atoms with Gasteiger partial charge in [-0.1, -0.05) is 0 Å². The molecule has 0 unspecified atom stereocenters. The molecule has 0 radical (unpaired) electrons. The smallest absolute Gasteiger partial charge is 0.327 e. The third-order valence-corrected chi connectivity index (χ3v) is 1.98. The van der Waals surface area contributed by atoms with Crippen molar-refractivity contribution in [2.45, 2.75) is 6.04 Å². The molecule has 0 fully saturated rings. The van der Waals surface area contributed by atoms with E-state index in [1.54, 1.807) is 0 Å². The molecule has 0 amide bonds. The number of esters is 1. The number of rotatable bonds is 3. The Bertz CT molecular complexity index is 368. The van der Waals surface area contributed by atoms with Crippen LogP contribution < -0.4 is 10.5 Å². The third-order valence-electron chi connectivity index (χ3n) is 1.98. The van der Waals surface area contributed by atoms with Crippen LogP contribution in [0.2, 0.25) is 0 Å². The summed E-state index contributed by atoms with van der Waals surface area (Å²) >= 11 is 0. The molecule has 0 aromatic heterocycles. The summed E-state index contributed by atoms with van der Waals surface area (Å²) in [4.78, 5) is 11.2. The number of nitrogens with two attached hydrogens (primary N) is 1. The highest BCUT2D eigenvalue weighted by Crippen LogP contribution is 2.25. The lowest BCUT2D eigenvalue weighted by molar-refractivity contribution is -0.142. The molecule has 1 aromatic rings. The van der Waals surface area contributed by atoms with Gasteiger partial charge in [-0.05, 0) is 18.2 Å². The average Bonchev–Trinajstić information content (AvgIpc) is 2.27. The van der Waals surface area contributed by atoms with Gasteiger partial charge in [0.1, 0.15) is 17.6 Å². The van der Waals surface area contributed by atoms with Crippen molar-refractivity contribution in [3.05, 3.63) is 29.6 Å². The van der Waals surface area contributed by atoms with Crippen molar-refractivity contribution < 1.29 is 18.7 Å². The first-order chi connectivity index (χ1) is 7.10. The molecule has 5 heteroatoms.